The number of benzene rings is 1. The molecule has 0 aliphatic carbocycles. The van der Waals surface area contributed by atoms with E-state index in [2.05, 4.69) is 15.3 Å². The number of halogens is 1. The van der Waals surface area contributed by atoms with Gasteiger partial charge in [0.2, 0.25) is 0 Å². The van der Waals surface area contributed by atoms with Crippen LogP contribution in [0.15, 0.2) is 24.7 Å². The molecule has 1 aromatic heterocycles. The Morgan fingerprint density at radius 1 is 1.53 bits per heavy atom. The summed E-state index contributed by atoms with van der Waals surface area (Å²) in [5, 5.41) is 2.65. The normalized spacial score (nSPS) is 10.4. The Balaban J connectivity index is 2.00. The van der Waals surface area contributed by atoms with Crippen LogP contribution >= 0.6 is 0 Å². The highest BCUT2D eigenvalue weighted by Gasteiger charge is 2.14. The first-order valence-corrected chi connectivity index (χ1v) is 5.89. The average Bonchev–Trinajstić information content (AvgIpc) is 2.86. The van der Waals surface area contributed by atoms with Gasteiger partial charge >= 0.3 is 0 Å². The third-order valence-corrected chi connectivity index (χ3v) is 2.76. The first-order valence-electron chi connectivity index (χ1n) is 5.89. The number of H-pyrrole nitrogens is 1. The minimum Gasteiger partial charge on any atom is -0.399 e. The Morgan fingerprint density at radius 2 is 2.32 bits per heavy atom. The molecule has 0 unspecified atom stereocenters. The number of carbonyl (C=O) groups excluding carboxylic acids is 1. The van der Waals surface area contributed by atoms with E-state index < -0.39 is 11.7 Å². The molecule has 2 aromatic rings. The van der Waals surface area contributed by atoms with Crippen molar-refractivity contribution in [3.63, 3.8) is 0 Å². The topological polar surface area (TPSA) is 83.8 Å². The van der Waals surface area contributed by atoms with Gasteiger partial charge in [-0.2, -0.15) is 0 Å². The summed E-state index contributed by atoms with van der Waals surface area (Å²) < 4.78 is 13.8. The Kier molecular flexibility index (Phi) is 3.79. The van der Waals surface area contributed by atoms with Crippen molar-refractivity contribution in [2.75, 3.05) is 12.3 Å². The van der Waals surface area contributed by atoms with Crippen LogP contribution in [0.5, 0.6) is 0 Å². The molecule has 5 nitrogen and oxygen atoms in total. The molecule has 0 bridgehead atoms. The number of amides is 1. The standard InChI is InChI=1S/C13H15FN4O/c1-8-4-9(15)5-11(12(8)14)13(19)17-3-2-10-6-16-7-18-10/h4-7H,2-3,15H2,1H3,(H,16,18)(H,17,19). The third-order valence-electron chi connectivity index (χ3n) is 2.76. The van der Waals surface area contributed by atoms with Crippen molar-refractivity contribution in [2.24, 2.45) is 0 Å². The van der Waals surface area contributed by atoms with Crippen LogP contribution in [0.3, 0.4) is 0 Å². The number of aromatic amines is 1. The minimum atomic E-state index is -0.534. The molecule has 4 N–H and O–H groups in total. The van der Waals surface area contributed by atoms with Crippen molar-refractivity contribution in [1.29, 1.82) is 0 Å². The number of aromatic nitrogens is 2. The van der Waals surface area contributed by atoms with Gasteiger partial charge in [-0.3, -0.25) is 4.79 Å². The van der Waals surface area contributed by atoms with Crippen molar-refractivity contribution in [1.82, 2.24) is 15.3 Å². The van der Waals surface area contributed by atoms with E-state index in [0.29, 0.717) is 24.2 Å². The number of imidazole rings is 1. The van der Waals surface area contributed by atoms with Gasteiger partial charge in [0.05, 0.1) is 11.9 Å². The average molecular weight is 262 g/mol. The molecule has 100 valence electrons. The fourth-order valence-corrected chi connectivity index (χ4v) is 1.79. The number of carbonyl (C=O) groups is 1. The maximum atomic E-state index is 13.8. The van der Waals surface area contributed by atoms with Crippen LogP contribution in [-0.2, 0) is 6.42 Å². The highest BCUT2D eigenvalue weighted by atomic mass is 19.1. The number of hydrogen-bond acceptors (Lipinski definition) is 3. The van der Waals surface area contributed by atoms with Crippen LogP contribution < -0.4 is 11.1 Å². The summed E-state index contributed by atoms with van der Waals surface area (Å²) in [6, 6.07) is 2.84. The number of nitrogens with one attached hydrogen (secondary N) is 2. The van der Waals surface area contributed by atoms with E-state index in [1.54, 1.807) is 19.4 Å². The molecule has 0 aliphatic rings. The summed E-state index contributed by atoms with van der Waals surface area (Å²) >= 11 is 0. The molecule has 6 heteroatoms. The first kappa shape index (κ1) is 13.1. The second-order valence-corrected chi connectivity index (χ2v) is 4.28. The van der Waals surface area contributed by atoms with Crippen molar-refractivity contribution in [3.8, 4) is 0 Å². The second kappa shape index (κ2) is 5.51. The molecule has 0 aliphatic heterocycles. The SMILES string of the molecule is Cc1cc(N)cc(C(=O)NCCc2cnc[nH]2)c1F. The fourth-order valence-electron chi connectivity index (χ4n) is 1.79. The van der Waals surface area contributed by atoms with Gasteiger partial charge < -0.3 is 16.0 Å². The molecule has 1 aromatic carbocycles. The minimum absolute atomic E-state index is 0.0258. The lowest BCUT2D eigenvalue weighted by Gasteiger charge is -2.08. The number of nitrogens with two attached hydrogens (primary N) is 1. The Hall–Kier alpha value is -2.37. The number of anilines is 1. The zero-order valence-electron chi connectivity index (χ0n) is 10.5. The fraction of sp³-hybridized carbons (Fsp3) is 0.231. The Labute approximate surface area is 110 Å². The van der Waals surface area contributed by atoms with Crippen LogP contribution in [0.2, 0.25) is 0 Å². The molecule has 0 atom stereocenters. The number of hydrogen-bond donors (Lipinski definition) is 3. The predicted molar refractivity (Wildman–Crippen MR) is 70.2 cm³/mol. The zero-order chi connectivity index (χ0) is 13.8. The number of nitrogens with zero attached hydrogens (tertiary/aromatic N) is 1. The molecule has 19 heavy (non-hydrogen) atoms. The van der Waals surface area contributed by atoms with Gasteiger partial charge in [-0.25, -0.2) is 9.37 Å². The van der Waals surface area contributed by atoms with Gasteiger partial charge in [-0.05, 0) is 24.6 Å². The quantitative estimate of drug-likeness (QED) is 0.728. The van der Waals surface area contributed by atoms with Gasteiger partial charge in [0.15, 0.2) is 0 Å². The molecule has 0 fully saturated rings. The Morgan fingerprint density at radius 3 is 3.00 bits per heavy atom. The van der Waals surface area contributed by atoms with E-state index in [-0.39, 0.29) is 5.56 Å². The van der Waals surface area contributed by atoms with E-state index in [4.69, 9.17) is 5.73 Å². The monoisotopic (exact) mass is 262 g/mol. The summed E-state index contributed by atoms with van der Waals surface area (Å²) in [5.41, 5.74) is 7.23. The smallest absolute Gasteiger partial charge is 0.254 e. The summed E-state index contributed by atoms with van der Waals surface area (Å²) in [7, 11) is 0. The zero-order valence-corrected chi connectivity index (χ0v) is 10.5. The molecule has 1 heterocycles. The lowest BCUT2D eigenvalue weighted by atomic mass is 10.1. The molecule has 0 radical (unpaired) electrons. The maximum Gasteiger partial charge on any atom is 0.254 e. The third kappa shape index (κ3) is 3.09. The first-order chi connectivity index (χ1) is 9.08. The lowest BCUT2D eigenvalue weighted by molar-refractivity contribution is 0.0950. The van der Waals surface area contributed by atoms with Gasteiger partial charge in [-0.15, -0.1) is 0 Å². The summed E-state index contributed by atoms with van der Waals surface area (Å²) in [6.45, 7) is 1.97. The van der Waals surface area contributed by atoms with Crippen LogP contribution in [0.25, 0.3) is 0 Å². The van der Waals surface area contributed by atoms with Crippen molar-refractivity contribution < 1.29 is 9.18 Å². The lowest BCUT2D eigenvalue weighted by Crippen LogP contribution is -2.27. The molecule has 0 spiro atoms. The largest absolute Gasteiger partial charge is 0.399 e. The molecule has 2 rings (SSSR count). The van der Waals surface area contributed by atoms with E-state index in [0.717, 1.165) is 5.69 Å². The molecular weight excluding hydrogens is 247 g/mol. The van der Waals surface area contributed by atoms with Gasteiger partial charge in [0, 0.05) is 30.5 Å². The number of nitrogen functional groups attached to an aromatic ring is 1. The molecule has 0 saturated carbocycles. The summed E-state index contributed by atoms with van der Waals surface area (Å²) in [5.74, 6) is -0.999. The maximum absolute atomic E-state index is 13.8. The van der Waals surface area contributed by atoms with Crippen LogP contribution in [0, 0.1) is 12.7 Å². The van der Waals surface area contributed by atoms with E-state index >= 15 is 0 Å². The molecule has 1 amide bonds. The number of aryl methyl sites for hydroxylation is 1. The van der Waals surface area contributed by atoms with Crippen LogP contribution in [0.4, 0.5) is 10.1 Å². The van der Waals surface area contributed by atoms with Crippen LogP contribution in [0.1, 0.15) is 21.6 Å². The van der Waals surface area contributed by atoms with E-state index in [1.165, 1.54) is 12.1 Å². The van der Waals surface area contributed by atoms with Crippen molar-refractivity contribution >= 4 is 11.6 Å². The summed E-state index contributed by atoms with van der Waals surface area (Å²) in [4.78, 5) is 18.7. The highest BCUT2D eigenvalue weighted by molar-refractivity contribution is 5.95. The van der Waals surface area contributed by atoms with E-state index in [9.17, 15) is 9.18 Å². The molecule has 0 saturated heterocycles. The summed E-state index contributed by atoms with van der Waals surface area (Å²) in [6.07, 6.45) is 3.85. The van der Waals surface area contributed by atoms with Gasteiger partial charge in [0.1, 0.15) is 5.82 Å². The van der Waals surface area contributed by atoms with Gasteiger partial charge in [0.25, 0.3) is 5.91 Å². The van der Waals surface area contributed by atoms with Crippen molar-refractivity contribution in [3.05, 3.63) is 47.3 Å². The van der Waals surface area contributed by atoms with Gasteiger partial charge in [-0.1, -0.05) is 0 Å². The molecular formula is C13H15FN4O. The van der Waals surface area contributed by atoms with Crippen molar-refractivity contribution in [2.45, 2.75) is 13.3 Å². The second-order valence-electron chi connectivity index (χ2n) is 4.28. The number of rotatable bonds is 4. The Bertz CT molecular complexity index is 581. The predicted octanol–water partition coefficient (Wildman–Crippen LogP) is 1.41. The highest BCUT2D eigenvalue weighted by Crippen LogP contribution is 2.16. The van der Waals surface area contributed by atoms with E-state index in [1.807, 2.05) is 0 Å². The van der Waals surface area contributed by atoms with Crippen LogP contribution in [-0.4, -0.2) is 22.4 Å².